The van der Waals surface area contributed by atoms with Gasteiger partial charge in [-0.3, -0.25) is 15.1 Å². The largest absolute Gasteiger partial charge is 0.329 e. The van der Waals surface area contributed by atoms with Gasteiger partial charge >= 0.3 is 0 Å². The minimum atomic E-state index is -0.0532. The summed E-state index contributed by atoms with van der Waals surface area (Å²) in [5, 5.41) is 15.4. The molecule has 0 spiro atoms. The number of hydrogen-bond acceptors (Lipinski definition) is 3. The zero-order valence-electron chi connectivity index (χ0n) is 12.1. The van der Waals surface area contributed by atoms with Crippen LogP contribution in [-0.2, 0) is 12.8 Å². The van der Waals surface area contributed by atoms with E-state index in [0.717, 1.165) is 4.73 Å². The van der Waals surface area contributed by atoms with Crippen LogP contribution < -0.4 is 10.3 Å². The van der Waals surface area contributed by atoms with Crippen LogP contribution in [0.25, 0.3) is 0 Å². The third-order valence-electron chi connectivity index (χ3n) is 3.06. The van der Waals surface area contributed by atoms with Crippen molar-refractivity contribution in [1.82, 2.24) is 15.2 Å². The number of pyridine rings is 2. The van der Waals surface area contributed by atoms with Crippen LogP contribution >= 0.6 is 0 Å². The molecule has 0 radical (unpaired) electrons. The highest BCUT2D eigenvalue weighted by Crippen LogP contribution is 2.17. The van der Waals surface area contributed by atoms with Crippen LogP contribution in [0.3, 0.4) is 0 Å². The smallest absolute Gasteiger partial charge is 0.247 e. The molecule has 6 heteroatoms. The number of aromatic nitrogens is 4. The summed E-state index contributed by atoms with van der Waals surface area (Å²) in [5.74, 6) is 0. The van der Waals surface area contributed by atoms with Crippen LogP contribution in [0.4, 0.5) is 0 Å². The van der Waals surface area contributed by atoms with E-state index < -0.39 is 0 Å². The molecule has 3 aromatic heterocycles. The van der Waals surface area contributed by atoms with Crippen LogP contribution in [0.5, 0.6) is 0 Å². The molecule has 122 valence electrons. The van der Waals surface area contributed by atoms with Crippen molar-refractivity contribution in [2.24, 2.45) is 0 Å². The van der Waals surface area contributed by atoms with Crippen LogP contribution in [0.15, 0.2) is 66.0 Å². The highest BCUT2D eigenvalue weighted by Gasteiger charge is 2.10. The van der Waals surface area contributed by atoms with Gasteiger partial charge in [-0.25, -0.2) is 0 Å². The quantitative estimate of drug-likeness (QED) is 0.439. The first-order valence-corrected chi connectivity index (χ1v) is 7.06. The molecule has 1 aliphatic rings. The highest BCUT2D eigenvalue weighted by molar-refractivity contribution is 5.20. The SMILES string of the molecule is C.O=c1cccc[nH]1.O[n+]1ccccc1.c1n[nH]c2c1CCC2. The van der Waals surface area contributed by atoms with Crippen LogP contribution in [-0.4, -0.2) is 20.4 Å². The van der Waals surface area contributed by atoms with Gasteiger partial charge in [-0.1, -0.05) is 19.6 Å². The minimum Gasteiger partial charge on any atom is -0.329 e. The Morgan fingerprint density at radius 3 is 2.35 bits per heavy atom. The average molecular weight is 315 g/mol. The first-order valence-electron chi connectivity index (χ1n) is 7.06. The Hall–Kier alpha value is -2.89. The lowest BCUT2D eigenvalue weighted by molar-refractivity contribution is -0.904. The Morgan fingerprint density at radius 1 is 1.09 bits per heavy atom. The molecule has 3 N–H and O–H groups in total. The van der Waals surface area contributed by atoms with Gasteiger partial charge in [0.1, 0.15) is 0 Å². The number of fused-ring (bicyclic) bond motifs is 1. The maximum atomic E-state index is 10.2. The van der Waals surface area contributed by atoms with Crippen molar-refractivity contribution in [2.45, 2.75) is 26.7 Å². The first kappa shape index (κ1) is 18.2. The Kier molecular flexibility index (Phi) is 7.85. The van der Waals surface area contributed by atoms with Gasteiger partial charge in [0.2, 0.25) is 18.0 Å². The fourth-order valence-electron chi connectivity index (χ4n) is 1.99. The lowest BCUT2D eigenvalue weighted by Crippen LogP contribution is -2.27. The molecule has 0 bridgehead atoms. The van der Waals surface area contributed by atoms with E-state index in [1.165, 1.54) is 36.6 Å². The molecule has 0 amide bonds. The Bertz CT molecular complexity index is 686. The topological polar surface area (TPSA) is 85.7 Å². The van der Waals surface area contributed by atoms with Crippen molar-refractivity contribution in [3.8, 4) is 0 Å². The van der Waals surface area contributed by atoms with E-state index in [1.807, 2.05) is 12.3 Å². The monoisotopic (exact) mass is 315 g/mol. The second kappa shape index (κ2) is 9.94. The van der Waals surface area contributed by atoms with Gasteiger partial charge in [-0.2, -0.15) is 5.10 Å². The number of nitrogens with one attached hydrogen (secondary N) is 2. The maximum Gasteiger partial charge on any atom is 0.247 e. The summed E-state index contributed by atoms with van der Waals surface area (Å²) in [6, 6.07) is 10.3. The molecule has 0 saturated carbocycles. The van der Waals surface area contributed by atoms with Gasteiger partial charge in [0.05, 0.1) is 6.20 Å². The number of hydrogen-bond donors (Lipinski definition) is 3. The number of H-pyrrole nitrogens is 2. The standard InChI is InChI=1S/C6H8N2.C5H6NO.C5H5NO.CH4/c1-2-5-4-7-8-6(5)3-1;7-6-4-2-1-3-5-6;7-5-3-1-2-4-6-5;/h4H,1-3H2,(H,7,8);1-5,7H;1-4H,(H,6,7);1H4/q;+1;;. The van der Waals surface area contributed by atoms with Crippen LogP contribution in [0.2, 0.25) is 0 Å². The third kappa shape index (κ3) is 6.60. The van der Waals surface area contributed by atoms with E-state index in [2.05, 4.69) is 15.2 Å². The van der Waals surface area contributed by atoms with Crippen molar-refractivity contribution in [2.75, 3.05) is 0 Å². The molecule has 0 unspecified atom stereocenters. The lowest BCUT2D eigenvalue weighted by atomic mass is 10.3. The molecule has 3 aromatic rings. The van der Waals surface area contributed by atoms with Gasteiger partial charge in [0.25, 0.3) is 0 Å². The molecule has 0 saturated heterocycles. The molecule has 6 nitrogen and oxygen atoms in total. The minimum absolute atomic E-state index is 0. The zero-order chi connectivity index (χ0) is 15.6. The molecule has 3 heterocycles. The maximum absolute atomic E-state index is 10.2. The van der Waals surface area contributed by atoms with E-state index in [9.17, 15) is 4.79 Å². The van der Waals surface area contributed by atoms with Crippen molar-refractivity contribution < 1.29 is 9.94 Å². The van der Waals surface area contributed by atoms with E-state index in [1.54, 1.807) is 42.9 Å². The van der Waals surface area contributed by atoms with Crippen LogP contribution in [0, 0.1) is 0 Å². The van der Waals surface area contributed by atoms with E-state index in [-0.39, 0.29) is 13.0 Å². The molecule has 0 atom stereocenters. The van der Waals surface area contributed by atoms with Crippen LogP contribution in [0.1, 0.15) is 25.1 Å². The molecule has 0 aromatic carbocycles. The first-order chi connectivity index (χ1) is 10.8. The Balaban J connectivity index is 0.000000170. The van der Waals surface area contributed by atoms with Crippen molar-refractivity contribution >= 4 is 0 Å². The summed E-state index contributed by atoms with van der Waals surface area (Å²) >= 11 is 0. The molecular formula is C17H23N4O2+. The fourth-order valence-corrected chi connectivity index (χ4v) is 1.99. The van der Waals surface area contributed by atoms with Gasteiger partial charge < -0.3 is 4.98 Å². The summed E-state index contributed by atoms with van der Waals surface area (Å²) in [4.78, 5) is 12.7. The van der Waals surface area contributed by atoms with Gasteiger partial charge in [0.15, 0.2) is 0 Å². The molecule has 0 fully saturated rings. The number of aryl methyl sites for hydroxylation is 2. The molecule has 1 aliphatic carbocycles. The second-order valence-corrected chi connectivity index (χ2v) is 4.71. The van der Waals surface area contributed by atoms with E-state index >= 15 is 0 Å². The predicted molar refractivity (Wildman–Crippen MR) is 88.2 cm³/mol. The average Bonchev–Trinajstić information content (AvgIpc) is 3.14. The Labute approximate surface area is 135 Å². The van der Waals surface area contributed by atoms with Crippen molar-refractivity contribution in [3.05, 3.63) is 82.8 Å². The summed E-state index contributed by atoms with van der Waals surface area (Å²) in [6.45, 7) is 0. The summed E-state index contributed by atoms with van der Waals surface area (Å²) < 4.78 is 1.00. The van der Waals surface area contributed by atoms with Gasteiger partial charge in [0, 0.05) is 34.8 Å². The normalized spacial score (nSPS) is 11.0. The van der Waals surface area contributed by atoms with Crippen molar-refractivity contribution in [3.63, 3.8) is 0 Å². The third-order valence-corrected chi connectivity index (χ3v) is 3.06. The van der Waals surface area contributed by atoms with Gasteiger partial charge in [-0.15, -0.1) is 0 Å². The van der Waals surface area contributed by atoms with Crippen molar-refractivity contribution in [1.29, 1.82) is 0 Å². The zero-order valence-corrected chi connectivity index (χ0v) is 12.1. The molecule has 0 aliphatic heterocycles. The van der Waals surface area contributed by atoms with E-state index in [0.29, 0.717) is 0 Å². The molecular weight excluding hydrogens is 292 g/mol. The van der Waals surface area contributed by atoms with Gasteiger partial charge in [-0.05, 0) is 30.9 Å². The number of nitrogens with zero attached hydrogens (tertiary/aromatic N) is 2. The number of aromatic amines is 2. The van der Waals surface area contributed by atoms with E-state index in [4.69, 9.17) is 5.21 Å². The highest BCUT2D eigenvalue weighted by atomic mass is 16.5. The Morgan fingerprint density at radius 2 is 1.87 bits per heavy atom. The predicted octanol–water partition coefficient (Wildman–Crippen LogP) is 2.12. The molecule has 23 heavy (non-hydrogen) atoms. The summed E-state index contributed by atoms with van der Waals surface area (Å²) in [7, 11) is 0. The summed E-state index contributed by atoms with van der Waals surface area (Å²) in [5.41, 5.74) is 2.72. The fraction of sp³-hybridized carbons (Fsp3) is 0.235. The summed E-state index contributed by atoms with van der Waals surface area (Å²) in [6.07, 6.45) is 10.4. The molecule has 4 rings (SSSR count). The number of rotatable bonds is 0. The lowest BCUT2D eigenvalue weighted by Gasteiger charge is -1.79. The second-order valence-electron chi connectivity index (χ2n) is 4.71.